The Morgan fingerprint density at radius 2 is 1.67 bits per heavy atom. The van der Waals surface area contributed by atoms with Crippen LogP contribution in [0.4, 0.5) is 0 Å². The number of amides is 1. The van der Waals surface area contributed by atoms with Gasteiger partial charge in [-0.05, 0) is 59.9 Å². The number of benzene rings is 2. The summed E-state index contributed by atoms with van der Waals surface area (Å²) in [6.07, 6.45) is 3.74. The minimum Gasteiger partial charge on any atom is -0.494 e. The SMILES string of the molecule is CCCCOc1ccc(/C=N\NC(=O)COc2ccc(C(C)C)cc2)cc1. The maximum Gasteiger partial charge on any atom is 0.277 e. The molecule has 5 nitrogen and oxygen atoms in total. The minimum absolute atomic E-state index is 0.0808. The molecule has 2 aromatic carbocycles. The second kappa shape index (κ2) is 11.0. The third-order valence-corrected chi connectivity index (χ3v) is 3.97. The summed E-state index contributed by atoms with van der Waals surface area (Å²) in [5, 5.41) is 3.95. The van der Waals surface area contributed by atoms with E-state index in [0.717, 1.165) is 30.8 Å². The number of ether oxygens (including phenoxy) is 2. The van der Waals surface area contributed by atoms with E-state index >= 15 is 0 Å². The standard InChI is InChI=1S/C22H28N2O3/c1-4-5-14-26-20-10-6-18(7-11-20)15-23-24-22(25)16-27-21-12-8-19(9-13-21)17(2)3/h6-13,15,17H,4-5,14,16H2,1-3H3,(H,24,25)/b23-15-. The second-order valence-electron chi connectivity index (χ2n) is 6.58. The molecule has 0 aromatic heterocycles. The van der Waals surface area contributed by atoms with Gasteiger partial charge in [0.15, 0.2) is 6.61 Å². The van der Waals surface area contributed by atoms with Crippen molar-refractivity contribution in [2.45, 2.75) is 39.5 Å². The number of carbonyl (C=O) groups is 1. The number of carbonyl (C=O) groups excluding carboxylic acids is 1. The third kappa shape index (κ3) is 7.52. The van der Waals surface area contributed by atoms with Gasteiger partial charge in [0.1, 0.15) is 11.5 Å². The van der Waals surface area contributed by atoms with Gasteiger partial charge in [-0.15, -0.1) is 0 Å². The average Bonchev–Trinajstić information content (AvgIpc) is 2.68. The van der Waals surface area contributed by atoms with E-state index < -0.39 is 0 Å². The molecule has 0 bridgehead atoms. The van der Waals surface area contributed by atoms with Crippen molar-refractivity contribution in [2.75, 3.05) is 13.2 Å². The number of nitrogens with one attached hydrogen (secondary N) is 1. The Kier molecular flexibility index (Phi) is 8.36. The zero-order valence-electron chi connectivity index (χ0n) is 16.3. The van der Waals surface area contributed by atoms with Crippen LogP contribution in [0.3, 0.4) is 0 Å². The molecule has 27 heavy (non-hydrogen) atoms. The van der Waals surface area contributed by atoms with Crippen molar-refractivity contribution in [3.05, 3.63) is 59.7 Å². The summed E-state index contributed by atoms with van der Waals surface area (Å²) in [7, 11) is 0. The molecule has 1 amide bonds. The van der Waals surface area contributed by atoms with Crippen molar-refractivity contribution >= 4 is 12.1 Å². The molecule has 0 aliphatic heterocycles. The number of rotatable bonds is 10. The molecule has 0 heterocycles. The lowest BCUT2D eigenvalue weighted by Gasteiger charge is -2.08. The van der Waals surface area contributed by atoms with Crippen LogP contribution < -0.4 is 14.9 Å². The number of hydrogen-bond donors (Lipinski definition) is 1. The zero-order valence-corrected chi connectivity index (χ0v) is 16.3. The molecular weight excluding hydrogens is 340 g/mol. The molecule has 0 fully saturated rings. The molecule has 144 valence electrons. The van der Waals surface area contributed by atoms with E-state index in [1.165, 1.54) is 5.56 Å². The number of unbranched alkanes of at least 4 members (excludes halogenated alkanes) is 1. The molecule has 0 saturated heterocycles. The molecule has 0 radical (unpaired) electrons. The highest BCUT2D eigenvalue weighted by atomic mass is 16.5. The van der Waals surface area contributed by atoms with Gasteiger partial charge in [0, 0.05) is 0 Å². The lowest BCUT2D eigenvalue weighted by molar-refractivity contribution is -0.123. The molecule has 1 N–H and O–H groups in total. The number of hydrazone groups is 1. The van der Waals surface area contributed by atoms with Crippen molar-refractivity contribution in [1.29, 1.82) is 0 Å². The maximum absolute atomic E-state index is 11.8. The lowest BCUT2D eigenvalue weighted by atomic mass is 10.0. The molecule has 0 unspecified atom stereocenters. The van der Waals surface area contributed by atoms with Crippen molar-refractivity contribution in [3.8, 4) is 11.5 Å². The Labute approximate surface area is 161 Å². The van der Waals surface area contributed by atoms with Gasteiger partial charge in [-0.2, -0.15) is 5.10 Å². The first kappa shape index (κ1) is 20.5. The molecule has 5 heteroatoms. The van der Waals surface area contributed by atoms with Crippen LogP contribution in [-0.2, 0) is 4.79 Å². The predicted molar refractivity (Wildman–Crippen MR) is 109 cm³/mol. The summed E-state index contributed by atoms with van der Waals surface area (Å²) in [4.78, 5) is 11.8. The fourth-order valence-electron chi connectivity index (χ4n) is 2.29. The van der Waals surface area contributed by atoms with Gasteiger partial charge in [-0.3, -0.25) is 4.79 Å². The Morgan fingerprint density at radius 3 is 2.30 bits per heavy atom. The molecule has 0 aliphatic carbocycles. The van der Waals surface area contributed by atoms with E-state index in [0.29, 0.717) is 11.7 Å². The van der Waals surface area contributed by atoms with Gasteiger partial charge < -0.3 is 9.47 Å². The third-order valence-electron chi connectivity index (χ3n) is 3.97. The molecule has 2 aromatic rings. The van der Waals surface area contributed by atoms with E-state index in [2.05, 4.69) is 31.3 Å². The number of hydrogen-bond acceptors (Lipinski definition) is 4. The van der Waals surface area contributed by atoms with Crippen LogP contribution in [0.5, 0.6) is 11.5 Å². The van der Waals surface area contributed by atoms with Crippen LogP contribution in [0.15, 0.2) is 53.6 Å². The smallest absolute Gasteiger partial charge is 0.277 e. The van der Waals surface area contributed by atoms with Gasteiger partial charge in [-0.25, -0.2) is 5.43 Å². The molecule has 0 spiro atoms. The first-order valence-electron chi connectivity index (χ1n) is 9.36. The van der Waals surface area contributed by atoms with E-state index in [1.54, 1.807) is 6.21 Å². The van der Waals surface area contributed by atoms with E-state index in [4.69, 9.17) is 9.47 Å². The van der Waals surface area contributed by atoms with Crippen molar-refractivity contribution in [3.63, 3.8) is 0 Å². The second-order valence-corrected chi connectivity index (χ2v) is 6.58. The molecule has 0 atom stereocenters. The Balaban J connectivity index is 1.72. The first-order chi connectivity index (χ1) is 13.1. The predicted octanol–water partition coefficient (Wildman–Crippen LogP) is 4.52. The lowest BCUT2D eigenvalue weighted by Crippen LogP contribution is -2.24. The van der Waals surface area contributed by atoms with Crippen LogP contribution in [-0.4, -0.2) is 25.3 Å². The molecule has 2 rings (SSSR count). The summed E-state index contributed by atoms with van der Waals surface area (Å²) in [6.45, 7) is 7.04. The van der Waals surface area contributed by atoms with Crippen LogP contribution in [0.25, 0.3) is 0 Å². The van der Waals surface area contributed by atoms with Crippen molar-refractivity contribution < 1.29 is 14.3 Å². The van der Waals surface area contributed by atoms with Gasteiger partial charge in [0.2, 0.25) is 0 Å². The number of nitrogens with zero attached hydrogens (tertiary/aromatic N) is 1. The Bertz CT molecular complexity index is 722. The van der Waals surface area contributed by atoms with Crippen LogP contribution >= 0.6 is 0 Å². The largest absolute Gasteiger partial charge is 0.494 e. The highest BCUT2D eigenvalue weighted by molar-refractivity contribution is 5.83. The highest BCUT2D eigenvalue weighted by Crippen LogP contribution is 2.18. The summed E-state index contributed by atoms with van der Waals surface area (Å²) in [6, 6.07) is 15.3. The molecule has 0 aliphatic rings. The summed E-state index contributed by atoms with van der Waals surface area (Å²) >= 11 is 0. The normalized spacial score (nSPS) is 11.0. The average molecular weight is 368 g/mol. The van der Waals surface area contributed by atoms with Gasteiger partial charge in [0.25, 0.3) is 5.91 Å². The Morgan fingerprint density at radius 1 is 1.04 bits per heavy atom. The van der Waals surface area contributed by atoms with Crippen molar-refractivity contribution in [2.24, 2.45) is 5.10 Å². The van der Waals surface area contributed by atoms with Crippen LogP contribution in [0.2, 0.25) is 0 Å². The molecule has 0 saturated carbocycles. The minimum atomic E-state index is -0.307. The summed E-state index contributed by atoms with van der Waals surface area (Å²) in [5.41, 5.74) is 4.57. The van der Waals surface area contributed by atoms with E-state index in [-0.39, 0.29) is 12.5 Å². The quantitative estimate of drug-likeness (QED) is 0.381. The van der Waals surface area contributed by atoms with Crippen molar-refractivity contribution in [1.82, 2.24) is 5.43 Å². The summed E-state index contributed by atoms with van der Waals surface area (Å²) < 4.78 is 11.1. The van der Waals surface area contributed by atoms with Gasteiger partial charge in [-0.1, -0.05) is 39.3 Å². The highest BCUT2D eigenvalue weighted by Gasteiger charge is 2.03. The molecular formula is C22H28N2O3. The first-order valence-corrected chi connectivity index (χ1v) is 9.36. The van der Waals surface area contributed by atoms with Crippen LogP contribution in [0, 0.1) is 0 Å². The fraction of sp³-hybridized carbons (Fsp3) is 0.364. The van der Waals surface area contributed by atoms with E-state index in [9.17, 15) is 4.79 Å². The van der Waals surface area contributed by atoms with E-state index in [1.807, 2.05) is 48.5 Å². The topological polar surface area (TPSA) is 59.9 Å². The maximum atomic E-state index is 11.8. The Hall–Kier alpha value is -2.82. The fourth-order valence-corrected chi connectivity index (χ4v) is 2.29. The monoisotopic (exact) mass is 368 g/mol. The zero-order chi connectivity index (χ0) is 19.5. The summed E-state index contributed by atoms with van der Waals surface area (Å²) in [5.74, 6) is 1.66. The van der Waals surface area contributed by atoms with Gasteiger partial charge >= 0.3 is 0 Å². The van der Waals surface area contributed by atoms with Gasteiger partial charge in [0.05, 0.1) is 12.8 Å². The van der Waals surface area contributed by atoms with Crippen LogP contribution in [0.1, 0.15) is 50.7 Å².